The molecule has 1 aromatic rings. The van der Waals surface area contributed by atoms with Crippen molar-refractivity contribution in [3.8, 4) is 6.07 Å². The van der Waals surface area contributed by atoms with Crippen LogP contribution < -0.4 is 0 Å². The first kappa shape index (κ1) is 11.7. The maximum Gasteiger partial charge on any atom is 0.330 e. The molecule has 0 unspecified atom stereocenters. The number of ether oxygens (including phenoxy) is 1. The van der Waals surface area contributed by atoms with Crippen LogP contribution in [0.5, 0.6) is 0 Å². The average Bonchev–Trinajstić information content (AvgIpc) is 2.34. The second kappa shape index (κ2) is 6.20. The van der Waals surface area contributed by atoms with Gasteiger partial charge in [0.05, 0.1) is 13.2 Å². The number of nitriles is 1. The molecule has 0 aliphatic carbocycles. The summed E-state index contributed by atoms with van der Waals surface area (Å²) in [5.41, 5.74) is 1.84. The quantitative estimate of drug-likeness (QED) is 0.440. The van der Waals surface area contributed by atoms with Crippen LogP contribution in [0.2, 0.25) is 0 Å². The summed E-state index contributed by atoms with van der Waals surface area (Å²) >= 11 is 0. The molecule has 0 aliphatic rings. The van der Waals surface area contributed by atoms with Crippen molar-refractivity contribution in [1.29, 1.82) is 5.26 Å². The van der Waals surface area contributed by atoms with Crippen LogP contribution in [0.15, 0.2) is 36.4 Å². The van der Waals surface area contributed by atoms with Gasteiger partial charge in [-0.15, -0.1) is 0 Å². The predicted molar refractivity (Wildman–Crippen MR) is 62.1 cm³/mol. The molecule has 3 heteroatoms. The Bertz CT molecular complexity index is 450. The maximum atomic E-state index is 10.8. The summed E-state index contributed by atoms with van der Waals surface area (Å²) in [5.74, 6) is -0.381. The molecule has 0 fully saturated rings. The SMILES string of the molecule is COC(=O)/C=C/c1ccc(/C=C/C#N)cc1. The van der Waals surface area contributed by atoms with Crippen LogP contribution in [0.25, 0.3) is 12.2 Å². The summed E-state index contributed by atoms with van der Waals surface area (Å²) in [6.45, 7) is 0. The summed E-state index contributed by atoms with van der Waals surface area (Å²) < 4.78 is 4.48. The van der Waals surface area contributed by atoms with Crippen molar-refractivity contribution < 1.29 is 9.53 Å². The van der Waals surface area contributed by atoms with Crippen molar-refractivity contribution in [1.82, 2.24) is 0 Å². The van der Waals surface area contributed by atoms with Crippen LogP contribution in [0.4, 0.5) is 0 Å². The molecule has 0 bridgehead atoms. The molecular weight excluding hydrogens is 202 g/mol. The Morgan fingerprint density at radius 3 is 2.31 bits per heavy atom. The Labute approximate surface area is 94.3 Å². The average molecular weight is 213 g/mol. The molecule has 3 nitrogen and oxygen atoms in total. The number of nitrogens with zero attached hydrogens (tertiary/aromatic N) is 1. The van der Waals surface area contributed by atoms with Crippen LogP contribution in [0.3, 0.4) is 0 Å². The molecule has 0 spiro atoms. The van der Waals surface area contributed by atoms with Crippen molar-refractivity contribution >= 4 is 18.1 Å². The number of carbonyl (C=O) groups excluding carboxylic acids is 1. The lowest BCUT2D eigenvalue weighted by Crippen LogP contribution is -1.93. The molecule has 1 aromatic carbocycles. The van der Waals surface area contributed by atoms with Gasteiger partial charge in [0, 0.05) is 12.2 Å². The molecule has 0 aromatic heterocycles. The molecule has 0 atom stereocenters. The standard InChI is InChI=1S/C13H11NO2/c1-16-13(15)9-8-12-6-4-11(5-7-12)3-2-10-14/h2-9H,1H3/b3-2+,9-8+. The third-order valence-electron chi connectivity index (χ3n) is 1.90. The van der Waals surface area contributed by atoms with Gasteiger partial charge in [-0.2, -0.15) is 5.26 Å². The minimum atomic E-state index is -0.381. The molecule has 0 aliphatic heterocycles. The van der Waals surface area contributed by atoms with Crippen LogP contribution in [0, 0.1) is 11.3 Å². The monoisotopic (exact) mass is 213 g/mol. The van der Waals surface area contributed by atoms with Gasteiger partial charge in [-0.05, 0) is 23.3 Å². The molecule has 0 amide bonds. The number of rotatable bonds is 3. The first-order chi connectivity index (χ1) is 7.76. The van der Waals surface area contributed by atoms with Gasteiger partial charge in [0.15, 0.2) is 0 Å². The van der Waals surface area contributed by atoms with E-state index in [4.69, 9.17) is 5.26 Å². The van der Waals surface area contributed by atoms with E-state index in [9.17, 15) is 4.79 Å². The number of hydrogen-bond donors (Lipinski definition) is 0. The lowest BCUT2D eigenvalue weighted by atomic mass is 10.1. The van der Waals surface area contributed by atoms with Gasteiger partial charge >= 0.3 is 5.97 Å². The summed E-state index contributed by atoms with van der Waals surface area (Å²) in [6, 6.07) is 9.37. The highest BCUT2D eigenvalue weighted by Gasteiger charge is 1.92. The van der Waals surface area contributed by atoms with E-state index < -0.39 is 0 Å². The van der Waals surface area contributed by atoms with E-state index in [2.05, 4.69) is 4.74 Å². The van der Waals surface area contributed by atoms with Gasteiger partial charge in [-0.25, -0.2) is 4.79 Å². The van der Waals surface area contributed by atoms with Crippen molar-refractivity contribution in [3.63, 3.8) is 0 Å². The normalized spacial score (nSPS) is 10.5. The fourth-order valence-electron chi connectivity index (χ4n) is 1.08. The van der Waals surface area contributed by atoms with Crippen LogP contribution in [-0.4, -0.2) is 13.1 Å². The summed E-state index contributed by atoms with van der Waals surface area (Å²) in [7, 11) is 1.34. The number of hydrogen-bond acceptors (Lipinski definition) is 3. The fraction of sp³-hybridized carbons (Fsp3) is 0.0769. The third kappa shape index (κ3) is 3.81. The Morgan fingerprint density at radius 1 is 1.25 bits per heavy atom. The van der Waals surface area contributed by atoms with Crippen LogP contribution >= 0.6 is 0 Å². The zero-order valence-corrected chi connectivity index (χ0v) is 8.88. The molecule has 80 valence electrons. The molecule has 0 saturated heterocycles. The topological polar surface area (TPSA) is 50.1 Å². The number of esters is 1. The summed E-state index contributed by atoms with van der Waals surface area (Å²) in [5, 5.41) is 8.36. The highest BCUT2D eigenvalue weighted by Crippen LogP contribution is 2.07. The number of benzene rings is 1. The second-order valence-electron chi connectivity index (χ2n) is 2.99. The summed E-state index contributed by atoms with van der Waals surface area (Å²) in [6.07, 6.45) is 6.16. The van der Waals surface area contributed by atoms with E-state index >= 15 is 0 Å². The van der Waals surface area contributed by atoms with Gasteiger partial charge in [0.1, 0.15) is 0 Å². The van der Waals surface area contributed by atoms with E-state index in [1.165, 1.54) is 19.3 Å². The van der Waals surface area contributed by atoms with Gasteiger partial charge in [0.25, 0.3) is 0 Å². The lowest BCUT2D eigenvalue weighted by molar-refractivity contribution is -0.134. The van der Waals surface area contributed by atoms with E-state index in [1.54, 1.807) is 12.2 Å². The van der Waals surface area contributed by atoms with E-state index in [1.807, 2.05) is 30.3 Å². The highest BCUT2D eigenvalue weighted by atomic mass is 16.5. The molecule has 16 heavy (non-hydrogen) atoms. The zero-order chi connectivity index (χ0) is 11.8. The van der Waals surface area contributed by atoms with Crippen molar-refractivity contribution in [3.05, 3.63) is 47.5 Å². The maximum absolute atomic E-state index is 10.8. The number of allylic oxidation sites excluding steroid dienone is 1. The predicted octanol–water partition coefficient (Wildman–Crippen LogP) is 2.41. The number of methoxy groups -OCH3 is 1. The zero-order valence-electron chi connectivity index (χ0n) is 8.88. The van der Waals surface area contributed by atoms with Crippen LogP contribution in [0.1, 0.15) is 11.1 Å². The lowest BCUT2D eigenvalue weighted by Gasteiger charge is -1.95. The number of carbonyl (C=O) groups is 1. The Kier molecular flexibility index (Phi) is 4.55. The minimum absolute atomic E-state index is 0.381. The Morgan fingerprint density at radius 2 is 1.81 bits per heavy atom. The van der Waals surface area contributed by atoms with Gasteiger partial charge in [0.2, 0.25) is 0 Å². The van der Waals surface area contributed by atoms with Crippen molar-refractivity contribution in [2.75, 3.05) is 7.11 Å². The molecule has 1 rings (SSSR count). The molecule has 0 radical (unpaired) electrons. The Balaban J connectivity index is 2.72. The van der Waals surface area contributed by atoms with Gasteiger partial charge in [-0.3, -0.25) is 0 Å². The second-order valence-corrected chi connectivity index (χ2v) is 2.99. The smallest absolute Gasteiger partial charge is 0.330 e. The molecular formula is C13H11NO2. The van der Waals surface area contributed by atoms with Gasteiger partial charge in [-0.1, -0.05) is 24.3 Å². The summed E-state index contributed by atoms with van der Waals surface area (Å²) in [4.78, 5) is 10.8. The Hall–Kier alpha value is -2.34. The van der Waals surface area contributed by atoms with E-state index in [0.29, 0.717) is 0 Å². The van der Waals surface area contributed by atoms with E-state index in [-0.39, 0.29) is 5.97 Å². The molecule has 0 heterocycles. The fourth-order valence-corrected chi connectivity index (χ4v) is 1.08. The van der Waals surface area contributed by atoms with Crippen molar-refractivity contribution in [2.24, 2.45) is 0 Å². The molecule has 0 N–H and O–H groups in total. The van der Waals surface area contributed by atoms with E-state index in [0.717, 1.165) is 11.1 Å². The third-order valence-corrected chi connectivity index (χ3v) is 1.90. The van der Waals surface area contributed by atoms with Gasteiger partial charge < -0.3 is 4.74 Å². The minimum Gasteiger partial charge on any atom is -0.466 e. The largest absolute Gasteiger partial charge is 0.466 e. The first-order valence-corrected chi connectivity index (χ1v) is 4.68. The molecule has 0 saturated carbocycles. The highest BCUT2D eigenvalue weighted by molar-refractivity contribution is 5.86. The van der Waals surface area contributed by atoms with Crippen LogP contribution in [-0.2, 0) is 9.53 Å². The van der Waals surface area contributed by atoms with Crippen molar-refractivity contribution in [2.45, 2.75) is 0 Å². The first-order valence-electron chi connectivity index (χ1n) is 4.68.